The van der Waals surface area contributed by atoms with Gasteiger partial charge >= 0.3 is 0 Å². The van der Waals surface area contributed by atoms with Crippen molar-refractivity contribution < 1.29 is 4.79 Å². The largest absolute Gasteiger partial charge is 0.353 e. The molecule has 0 radical (unpaired) electrons. The molecule has 0 bridgehead atoms. The fourth-order valence-electron chi connectivity index (χ4n) is 2.34. The van der Waals surface area contributed by atoms with Crippen LogP contribution in [0.1, 0.15) is 37.7 Å². The summed E-state index contributed by atoms with van der Waals surface area (Å²) in [4.78, 5) is 12.1. The summed E-state index contributed by atoms with van der Waals surface area (Å²) >= 11 is 0. The molecule has 3 heteroatoms. The van der Waals surface area contributed by atoms with Crippen molar-refractivity contribution in [2.24, 2.45) is 5.73 Å². The van der Waals surface area contributed by atoms with Gasteiger partial charge in [-0.15, -0.1) is 0 Å². The number of amides is 1. The highest BCUT2D eigenvalue weighted by Gasteiger charge is 2.29. The summed E-state index contributed by atoms with van der Waals surface area (Å²) in [6.07, 6.45) is 2.66. The fraction of sp³-hybridized carbons (Fsp3) is 0.500. The maximum atomic E-state index is 12.1. The standard InChI is InChI=1S/C14H20N2O/c1-2-13(10-6-4-3-5-7-10)14(17)16-12-8-11(15)9-12/h3-7,11-13H,2,8-9,15H2,1H3,(H,16,17). The van der Waals surface area contributed by atoms with Crippen LogP contribution in [0.25, 0.3) is 0 Å². The van der Waals surface area contributed by atoms with Gasteiger partial charge in [-0.25, -0.2) is 0 Å². The van der Waals surface area contributed by atoms with Gasteiger partial charge in [-0.1, -0.05) is 37.3 Å². The van der Waals surface area contributed by atoms with Gasteiger partial charge in [-0.2, -0.15) is 0 Å². The van der Waals surface area contributed by atoms with E-state index in [1.807, 2.05) is 37.3 Å². The first-order valence-electron chi connectivity index (χ1n) is 6.31. The smallest absolute Gasteiger partial charge is 0.227 e. The first-order valence-corrected chi connectivity index (χ1v) is 6.31. The third kappa shape index (κ3) is 2.86. The minimum absolute atomic E-state index is 0.0342. The molecule has 1 aliphatic rings. The second-order valence-electron chi connectivity index (χ2n) is 4.81. The van der Waals surface area contributed by atoms with Crippen LogP contribution in [0.4, 0.5) is 0 Å². The Morgan fingerprint density at radius 1 is 1.41 bits per heavy atom. The minimum Gasteiger partial charge on any atom is -0.353 e. The van der Waals surface area contributed by atoms with Gasteiger partial charge in [0.1, 0.15) is 0 Å². The minimum atomic E-state index is -0.0342. The molecule has 0 spiro atoms. The fourth-order valence-corrected chi connectivity index (χ4v) is 2.34. The molecule has 92 valence electrons. The predicted molar refractivity (Wildman–Crippen MR) is 68.6 cm³/mol. The number of hydrogen-bond donors (Lipinski definition) is 2. The second-order valence-corrected chi connectivity index (χ2v) is 4.81. The van der Waals surface area contributed by atoms with Gasteiger partial charge in [0.05, 0.1) is 5.92 Å². The van der Waals surface area contributed by atoms with Crippen LogP contribution in [-0.2, 0) is 4.79 Å². The van der Waals surface area contributed by atoms with E-state index < -0.39 is 0 Å². The van der Waals surface area contributed by atoms with E-state index in [-0.39, 0.29) is 23.9 Å². The Morgan fingerprint density at radius 2 is 2.06 bits per heavy atom. The third-order valence-corrected chi connectivity index (χ3v) is 3.45. The topological polar surface area (TPSA) is 55.1 Å². The van der Waals surface area contributed by atoms with Crippen LogP contribution in [0.5, 0.6) is 0 Å². The van der Waals surface area contributed by atoms with Gasteiger partial charge in [0.2, 0.25) is 5.91 Å². The number of benzene rings is 1. The molecule has 2 rings (SSSR count). The summed E-state index contributed by atoms with van der Waals surface area (Å²) < 4.78 is 0. The van der Waals surface area contributed by atoms with E-state index in [1.165, 1.54) is 0 Å². The molecule has 1 fully saturated rings. The Bertz CT molecular complexity index is 371. The highest BCUT2D eigenvalue weighted by atomic mass is 16.1. The van der Waals surface area contributed by atoms with Crippen molar-refractivity contribution in [3.63, 3.8) is 0 Å². The Kier molecular flexibility index (Phi) is 3.79. The molecule has 0 aromatic heterocycles. The average Bonchev–Trinajstić information content (AvgIpc) is 2.29. The van der Waals surface area contributed by atoms with Crippen molar-refractivity contribution in [3.8, 4) is 0 Å². The molecule has 0 saturated heterocycles. The van der Waals surface area contributed by atoms with Crippen LogP contribution in [0, 0.1) is 0 Å². The van der Waals surface area contributed by atoms with E-state index in [9.17, 15) is 4.79 Å². The molecule has 3 nitrogen and oxygen atoms in total. The lowest BCUT2D eigenvalue weighted by Gasteiger charge is -2.34. The quantitative estimate of drug-likeness (QED) is 0.831. The molecule has 1 unspecified atom stereocenters. The van der Waals surface area contributed by atoms with Gasteiger partial charge in [-0.3, -0.25) is 4.79 Å². The predicted octanol–water partition coefficient (Wildman–Crippen LogP) is 1.79. The molecule has 3 N–H and O–H groups in total. The van der Waals surface area contributed by atoms with Gasteiger partial charge in [0.15, 0.2) is 0 Å². The zero-order chi connectivity index (χ0) is 12.3. The third-order valence-electron chi connectivity index (χ3n) is 3.45. The summed E-state index contributed by atoms with van der Waals surface area (Å²) in [6, 6.07) is 10.5. The number of carbonyl (C=O) groups excluding carboxylic acids is 1. The van der Waals surface area contributed by atoms with Crippen LogP contribution in [0.2, 0.25) is 0 Å². The maximum Gasteiger partial charge on any atom is 0.227 e. The number of carbonyl (C=O) groups is 1. The molecular formula is C14H20N2O. The molecule has 1 aromatic rings. The van der Waals surface area contributed by atoms with E-state index in [0.717, 1.165) is 24.8 Å². The Labute approximate surface area is 102 Å². The SMILES string of the molecule is CCC(C(=O)NC1CC(N)C1)c1ccccc1. The first-order chi connectivity index (χ1) is 8.20. The summed E-state index contributed by atoms with van der Waals surface area (Å²) in [5, 5.41) is 3.08. The van der Waals surface area contributed by atoms with Crippen LogP contribution >= 0.6 is 0 Å². The van der Waals surface area contributed by atoms with Crippen molar-refractivity contribution >= 4 is 5.91 Å². The number of nitrogens with two attached hydrogens (primary N) is 1. The summed E-state index contributed by atoms with van der Waals surface area (Å²) in [5.41, 5.74) is 6.81. The number of nitrogens with one attached hydrogen (secondary N) is 1. The van der Waals surface area contributed by atoms with Gasteiger partial charge in [0, 0.05) is 12.1 Å². The summed E-state index contributed by atoms with van der Waals surface area (Å²) in [6.45, 7) is 2.05. The summed E-state index contributed by atoms with van der Waals surface area (Å²) in [7, 11) is 0. The molecule has 1 atom stereocenters. The van der Waals surface area contributed by atoms with Crippen LogP contribution in [-0.4, -0.2) is 18.0 Å². The Hall–Kier alpha value is -1.35. The van der Waals surface area contributed by atoms with Gasteiger partial charge in [-0.05, 0) is 24.8 Å². The molecule has 17 heavy (non-hydrogen) atoms. The number of rotatable bonds is 4. The molecule has 0 aliphatic heterocycles. The van der Waals surface area contributed by atoms with E-state index >= 15 is 0 Å². The van der Waals surface area contributed by atoms with Crippen molar-refractivity contribution in [2.45, 2.75) is 44.2 Å². The second kappa shape index (κ2) is 5.32. The van der Waals surface area contributed by atoms with Crippen molar-refractivity contribution in [1.29, 1.82) is 0 Å². The van der Waals surface area contributed by atoms with Crippen molar-refractivity contribution in [3.05, 3.63) is 35.9 Å². The Morgan fingerprint density at radius 3 is 2.59 bits per heavy atom. The average molecular weight is 232 g/mol. The van der Waals surface area contributed by atoms with Crippen LogP contribution in [0.3, 0.4) is 0 Å². The Balaban J connectivity index is 1.96. The molecule has 1 amide bonds. The molecular weight excluding hydrogens is 212 g/mol. The summed E-state index contributed by atoms with van der Waals surface area (Å²) in [5.74, 6) is 0.101. The highest BCUT2D eigenvalue weighted by Crippen LogP contribution is 2.22. The van der Waals surface area contributed by atoms with E-state index in [0.29, 0.717) is 0 Å². The van der Waals surface area contributed by atoms with E-state index in [4.69, 9.17) is 5.73 Å². The van der Waals surface area contributed by atoms with Crippen molar-refractivity contribution in [1.82, 2.24) is 5.32 Å². The zero-order valence-electron chi connectivity index (χ0n) is 10.2. The van der Waals surface area contributed by atoms with Crippen LogP contribution in [0.15, 0.2) is 30.3 Å². The monoisotopic (exact) mass is 232 g/mol. The van der Waals surface area contributed by atoms with Gasteiger partial charge < -0.3 is 11.1 Å². The lowest BCUT2D eigenvalue weighted by Crippen LogP contribution is -2.51. The molecule has 0 heterocycles. The lowest BCUT2D eigenvalue weighted by atomic mass is 9.86. The number of hydrogen-bond acceptors (Lipinski definition) is 2. The molecule has 1 aliphatic carbocycles. The first kappa shape index (κ1) is 12.1. The van der Waals surface area contributed by atoms with Crippen molar-refractivity contribution in [2.75, 3.05) is 0 Å². The van der Waals surface area contributed by atoms with Gasteiger partial charge in [0.25, 0.3) is 0 Å². The molecule has 1 saturated carbocycles. The maximum absolute atomic E-state index is 12.1. The van der Waals surface area contributed by atoms with E-state index in [2.05, 4.69) is 5.32 Å². The van der Waals surface area contributed by atoms with E-state index in [1.54, 1.807) is 0 Å². The zero-order valence-corrected chi connectivity index (χ0v) is 10.2. The lowest BCUT2D eigenvalue weighted by molar-refractivity contribution is -0.124. The highest BCUT2D eigenvalue weighted by molar-refractivity contribution is 5.83. The normalized spacial score (nSPS) is 24.8. The molecule has 1 aromatic carbocycles. The van der Waals surface area contributed by atoms with Crippen LogP contribution < -0.4 is 11.1 Å².